The smallest absolute Gasteiger partial charge is 0.248 e. The van der Waals surface area contributed by atoms with Gasteiger partial charge in [0.1, 0.15) is 5.82 Å². The Balaban J connectivity index is 2.56. The molecular weight excluding hydrogens is 202 g/mol. The summed E-state index contributed by atoms with van der Waals surface area (Å²) >= 11 is 0. The molecule has 2 N–H and O–H groups in total. The van der Waals surface area contributed by atoms with E-state index in [1.54, 1.807) is 12.3 Å². The Labute approximate surface area is 93.7 Å². The van der Waals surface area contributed by atoms with Crippen molar-refractivity contribution < 1.29 is 4.79 Å². The van der Waals surface area contributed by atoms with Crippen LogP contribution < -0.4 is 5.73 Å². The first-order chi connectivity index (χ1) is 7.59. The molecule has 82 valence electrons. The van der Waals surface area contributed by atoms with Gasteiger partial charge < -0.3 is 10.3 Å². The van der Waals surface area contributed by atoms with Crippen LogP contribution in [0.25, 0.3) is 11.4 Å². The number of primary amides is 1. The minimum Gasteiger partial charge on any atom is -0.366 e. The summed E-state index contributed by atoms with van der Waals surface area (Å²) in [5, 5.41) is 0. The van der Waals surface area contributed by atoms with E-state index < -0.39 is 5.91 Å². The highest BCUT2D eigenvalue weighted by atomic mass is 16.1. The molecule has 0 aliphatic heterocycles. The maximum absolute atomic E-state index is 11.2. The van der Waals surface area contributed by atoms with Crippen LogP contribution in [0, 0.1) is 6.92 Å². The second-order valence-corrected chi connectivity index (χ2v) is 3.76. The van der Waals surface area contributed by atoms with Gasteiger partial charge in [0, 0.05) is 30.6 Å². The molecule has 1 amide bonds. The number of amides is 1. The molecule has 0 unspecified atom stereocenters. The third-order valence-corrected chi connectivity index (χ3v) is 2.58. The average Bonchev–Trinajstić information content (AvgIpc) is 2.65. The number of aryl methyl sites for hydroxylation is 2. The molecule has 1 aromatic heterocycles. The van der Waals surface area contributed by atoms with Crippen LogP contribution in [0.15, 0.2) is 30.6 Å². The third-order valence-electron chi connectivity index (χ3n) is 2.58. The predicted octanol–water partition coefficient (Wildman–Crippen LogP) is 1.49. The normalized spacial score (nSPS) is 10.4. The van der Waals surface area contributed by atoms with E-state index in [0.29, 0.717) is 5.56 Å². The van der Waals surface area contributed by atoms with Crippen LogP contribution in [0.3, 0.4) is 0 Å². The lowest BCUT2D eigenvalue weighted by Crippen LogP contribution is -2.12. The van der Waals surface area contributed by atoms with Crippen molar-refractivity contribution in [3.8, 4) is 11.4 Å². The van der Waals surface area contributed by atoms with Crippen molar-refractivity contribution in [2.45, 2.75) is 6.92 Å². The van der Waals surface area contributed by atoms with Crippen LogP contribution in [-0.2, 0) is 7.05 Å². The second-order valence-electron chi connectivity index (χ2n) is 3.76. The number of hydrogen-bond donors (Lipinski definition) is 1. The molecule has 0 aliphatic rings. The average molecular weight is 215 g/mol. The molecule has 4 nitrogen and oxygen atoms in total. The van der Waals surface area contributed by atoms with Crippen LogP contribution in [0.2, 0.25) is 0 Å². The molecule has 2 rings (SSSR count). The number of imidazole rings is 1. The van der Waals surface area contributed by atoms with Crippen molar-refractivity contribution in [1.82, 2.24) is 9.55 Å². The lowest BCUT2D eigenvalue weighted by atomic mass is 10.0. The summed E-state index contributed by atoms with van der Waals surface area (Å²) in [6.45, 7) is 1.86. The quantitative estimate of drug-likeness (QED) is 0.825. The van der Waals surface area contributed by atoms with Gasteiger partial charge in [-0.3, -0.25) is 4.79 Å². The van der Waals surface area contributed by atoms with Gasteiger partial charge in [0.15, 0.2) is 0 Å². The van der Waals surface area contributed by atoms with Crippen LogP contribution in [0.5, 0.6) is 0 Å². The van der Waals surface area contributed by atoms with E-state index in [1.165, 1.54) is 0 Å². The molecular formula is C12H13N3O. The molecule has 0 fully saturated rings. The van der Waals surface area contributed by atoms with Crippen molar-refractivity contribution in [2.75, 3.05) is 0 Å². The topological polar surface area (TPSA) is 60.9 Å². The van der Waals surface area contributed by atoms with Gasteiger partial charge in [0.2, 0.25) is 5.91 Å². The number of hydrogen-bond acceptors (Lipinski definition) is 2. The molecule has 1 heterocycles. The van der Waals surface area contributed by atoms with Gasteiger partial charge >= 0.3 is 0 Å². The molecule has 1 aromatic carbocycles. The molecule has 0 radical (unpaired) electrons. The van der Waals surface area contributed by atoms with Gasteiger partial charge in [-0.25, -0.2) is 4.98 Å². The number of aromatic nitrogens is 2. The van der Waals surface area contributed by atoms with Gasteiger partial charge in [0.05, 0.1) is 0 Å². The highest BCUT2D eigenvalue weighted by Gasteiger charge is 2.09. The Morgan fingerprint density at radius 1 is 1.44 bits per heavy atom. The predicted molar refractivity (Wildman–Crippen MR) is 61.9 cm³/mol. The van der Waals surface area contributed by atoms with E-state index in [-0.39, 0.29) is 0 Å². The first-order valence-electron chi connectivity index (χ1n) is 4.97. The van der Waals surface area contributed by atoms with Gasteiger partial charge in [-0.1, -0.05) is 12.1 Å². The summed E-state index contributed by atoms with van der Waals surface area (Å²) in [6, 6.07) is 5.59. The van der Waals surface area contributed by atoms with E-state index in [1.807, 2.05) is 36.9 Å². The first kappa shape index (κ1) is 10.4. The van der Waals surface area contributed by atoms with E-state index >= 15 is 0 Å². The molecule has 2 aromatic rings. The zero-order valence-electron chi connectivity index (χ0n) is 9.27. The highest BCUT2D eigenvalue weighted by molar-refractivity contribution is 5.95. The number of carbonyl (C=O) groups excluding carboxylic acids is 1. The largest absolute Gasteiger partial charge is 0.366 e. The third kappa shape index (κ3) is 1.69. The number of carbonyl (C=O) groups is 1. The number of rotatable bonds is 2. The minimum atomic E-state index is -0.409. The Morgan fingerprint density at radius 2 is 2.19 bits per heavy atom. The molecule has 4 heteroatoms. The summed E-state index contributed by atoms with van der Waals surface area (Å²) < 4.78 is 1.90. The van der Waals surface area contributed by atoms with Gasteiger partial charge in [-0.05, 0) is 18.6 Å². The fourth-order valence-electron chi connectivity index (χ4n) is 1.67. The van der Waals surface area contributed by atoms with E-state index in [2.05, 4.69) is 4.98 Å². The lowest BCUT2D eigenvalue weighted by Gasteiger charge is -2.06. The monoisotopic (exact) mass is 215 g/mol. The van der Waals surface area contributed by atoms with Crippen LogP contribution in [0.1, 0.15) is 15.9 Å². The van der Waals surface area contributed by atoms with Crippen molar-refractivity contribution >= 4 is 5.91 Å². The molecule has 0 atom stereocenters. The van der Waals surface area contributed by atoms with Crippen molar-refractivity contribution in [3.05, 3.63) is 41.7 Å². The Morgan fingerprint density at radius 3 is 2.75 bits per heavy atom. The highest BCUT2D eigenvalue weighted by Crippen LogP contribution is 2.20. The van der Waals surface area contributed by atoms with Gasteiger partial charge in [-0.2, -0.15) is 0 Å². The standard InChI is InChI=1S/C12H13N3O/c1-8-3-4-9(7-10(8)11(13)16)12-14-5-6-15(12)2/h3-7H,1-2H3,(H2,13,16). The number of nitrogens with zero attached hydrogens (tertiary/aromatic N) is 2. The van der Waals surface area contributed by atoms with Crippen molar-refractivity contribution in [1.29, 1.82) is 0 Å². The van der Waals surface area contributed by atoms with Crippen LogP contribution in [0.4, 0.5) is 0 Å². The zero-order chi connectivity index (χ0) is 11.7. The van der Waals surface area contributed by atoms with Crippen LogP contribution in [-0.4, -0.2) is 15.5 Å². The number of nitrogens with two attached hydrogens (primary N) is 1. The fraction of sp³-hybridized carbons (Fsp3) is 0.167. The minimum absolute atomic E-state index is 0.409. The Bertz CT molecular complexity index is 543. The molecule has 0 bridgehead atoms. The zero-order valence-corrected chi connectivity index (χ0v) is 9.27. The van der Waals surface area contributed by atoms with E-state index in [9.17, 15) is 4.79 Å². The van der Waals surface area contributed by atoms with Crippen molar-refractivity contribution in [3.63, 3.8) is 0 Å². The molecule has 0 spiro atoms. The molecule has 0 aliphatic carbocycles. The summed E-state index contributed by atoms with van der Waals surface area (Å²) in [4.78, 5) is 15.5. The fourth-order valence-corrected chi connectivity index (χ4v) is 1.67. The van der Waals surface area contributed by atoms with Gasteiger partial charge in [0.25, 0.3) is 0 Å². The summed E-state index contributed by atoms with van der Waals surface area (Å²) in [5.74, 6) is 0.413. The van der Waals surface area contributed by atoms with E-state index in [4.69, 9.17) is 5.73 Å². The van der Waals surface area contributed by atoms with E-state index in [0.717, 1.165) is 17.0 Å². The summed E-state index contributed by atoms with van der Waals surface area (Å²) in [7, 11) is 1.91. The molecule has 0 saturated carbocycles. The van der Waals surface area contributed by atoms with Crippen LogP contribution >= 0.6 is 0 Å². The first-order valence-corrected chi connectivity index (χ1v) is 4.97. The summed E-state index contributed by atoms with van der Waals surface area (Å²) in [6.07, 6.45) is 3.58. The second kappa shape index (κ2) is 3.81. The maximum atomic E-state index is 11.2. The molecule has 0 saturated heterocycles. The molecule has 16 heavy (non-hydrogen) atoms. The Kier molecular flexibility index (Phi) is 2.48. The SMILES string of the molecule is Cc1ccc(-c2nccn2C)cc1C(N)=O. The number of benzene rings is 1. The van der Waals surface area contributed by atoms with Gasteiger partial charge in [-0.15, -0.1) is 0 Å². The maximum Gasteiger partial charge on any atom is 0.248 e. The lowest BCUT2D eigenvalue weighted by molar-refractivity contribution is 0.1000. The van der Waals surface area contributed by atoms with Crippen molar-refractivity contribution in [2.24, 2.45) is 12.8 Å². The Hall–Kier alpha value is -2.10. The summed E-state index contributed by atoms with van der Waals surface area (Å²) in [5.41, 5.74) is 7.63.